The van der Waals surface area contributed by atoms with E-state index in [2.05, 4.69) is 15.9 Å². The molecule has 1 amide bonds. The van der Waals surface area contributed by atoms with Crippen LogP contribution in [0.2, 0.25) is 0 Å². The van der Waals surface area contributed by atoms with Crippen LogP contribution in [0.3, 0.4) is 0 Å². The minimum Gasteiger partial charge on any atom is -0.450 e. The first-order chi connectivity index (χ1) is 14.6. The lowest BCUT2D eigenvalue weighted by atomic mass is 9.98. The molecule has 0 spiro atoms. The van der Waals surface area contributed by atoms with Crippen molar-refractivity contribution in [3.63, 3.8) is 0 Å². The van der Waals surface area contributed by atoms with E-state index in [1.807, 2.05) is 54.8 Å². The Balaban J connectivity index is 1.80. The third-order valence-corrected chi connectivity index (χ3v) is 6.53. The smallest absolute Gasteiger partial charge is 0.295 e. The van der Waals surface area contributed by atoms with Crippen molar-refractivity contribution in [3.05, 3.63) is 104 Å². The van der Waals surface area contributed by atoms with Gasteiger partial charge in [0.2, 0.25) is 5.76 Å². The van der Waals surface area contributed by atoms with Crippen LogP contribution in [0.4, 0.5) is 5.69 Å². The van der Waals surface area contributed by atoms with Gasteiger partial charge in [-0.15, -0.1) is 11.8 Å². The summed E-state index contributed by atoms with van der Waals surface area (Å²) in [4.78, 5) is 29.7. The van der Waals surface area contributed by atoms with Crippen LogP contribution in [0.5, 0.6) is 0 Å². The summed E-state index contributed by atoms with van der Waals surface area (Å²) in [6.45, 7) is 0. The molecule has 1 atom stereocenters. The van der Waals surface area contributed by atoms with Crippen LogP contribution in [0.1, 0.15) is 27.7 Å². The van der Waals surface area contributed by atoms with Crippen LogP contribution in [-0.4, -0.2) is 12.2 Å². The molecule has 0 bridgehead atoms. The van der Waals surface area contributed by atoms with Crippen LogP contribution < -0.4 is 10.3 Å². The molecule has 2 heterocycles. The summed E-state index contributed by atoms with van der Waals surface area (Å²) >= 11 is 5.13. The van der Waals surface area contributed by atoms with Crippen molar-refractivity contribution in [1.29, 1.82) is 0 Å². The average Bonchev–Trinajstić information content (AvgIpc) is 3.06. The molecule has 0 radical (unpaired) electrons. The molecule has 0 aliphatic carbocycles. The SMILES string of the molecule is CSc1ccc([C@H]2c3c(oc4ccccc4c3=O)C(=O)N2c2cccc(Br)c2)cc1. The van der Waals surface area contributed by atoms with Gasteiger partial charge in [0.05, 0.1) is 17.0 Å². The van der Waals surface area contributed by atoms with Gasteiger partial charge in [-0.25, -0.2) is 0 Å². The van der Waals surface area contributed by atoms with Crippen molar-refractivity contribution in [3.8, 4) is 0 Å². The minimum absolute atomic E-state index is 0.109. The van der Waals surface area contributed by atoms with E-state index >= 15 is 0 Å². The zero-order valence-corrected chi connectivity index (χ0v) is 18.4. The van der Waals surface area contributed by atoms with E-state index in [1.165, 1.54) is 0 Å². The Bertz CT molecular complexity index is 1350. The van der Waals surface area contributed by atoms with Crippen molar-refractivity contribution in [2.24, 2.45) is 0 Å². The molecule has 0 saturated carbocycles. The number of hydrogen-bond acceptors (Lipinski definition) is 4. The van der Waals surface area contributed by atoms with Crippen LogP contribution in [-0.2, 0) is 0 Å². The molecule has 1 aliphatic heterocycles. The highest BCUT2D eigenvalue weighted by Gasteiger charge is 2.43. The molecule has 0 N–H and O–H groups in total. The lowest BCUT2D eigenvalue weighted by molar-refractivity contribution is 0.0971. The fraction of sp³-hybridized carbons (Fsp3) is 0.0833. The van der Waals surface area contributed by atoms with E-state index in [0.717, 1.165) is 14.9 Å². The molecule has 3 aromatic carbocycles. The van der Waals surface area contributed by atoms with E-state index in [4.69, 9.17) is 4.42 Å². The van der Waals surface area contributed by atoms with E-state index in [-0.39, 0.29) is 17.1 Å². The number of hydrogen-bond donors (Lipinski definition) is 0. The zero-order chi connectivity index (χ0) is 20.8. The molecule has 6 heteroatoms. The van der Waals surface area contributed by atoms with Crippen molar-refractivity contribution in [1.82, 2.24) is 0 Å². The van der Waals surface area contributed by atoms with Crippen molar-refractivity contribution in [2.45, 2.75) is 10.9 Å². The number of halogens is 1. The maximum absolute atomic E-state index is 13.5. The van der Waals surface area contributed by atoms with Crippen LogP contribution in [0.15, 0.2) is 91.4 Å². The standard InChI is InChI=1S/C24H16BrNO3S/c1-30-17-11-9-14(10-12-17)21-20-22(27)18-7-2-3-8-19(18)29-23(20)24(28)26(21)16-6-4-5-15(25)13-16/h2-13,21H,1H3/t21-/m0/s1. The third-order valence-electron chi connectivity index (χ3n) is 5.30. The highest BCUT2D eigenvalue weighted by molar-refractivity contribution is 9.10. The largest absolute Gasteiger partial charge is 0.450 e. The molecule has 148 valence electrons. The Morgan fingerprint density at radius 3 is 2.47 bits per heavy atom. The van der Waals surface area contributed by atoms with Gasteiger partial charge in [-0.2, -0.15) is 0 Å². The first-order valence-corrected chi connectivity index (χ1v) is 11.4. The molecule has 4 aromatic rings. The Hall–Kier alpha value is -2.83. The second-order valence-electron chi connectivity index (χ2n) is 7.00. The lowest BCUT2D eigenvalue weighted by Crippen LogP contribution is -2.29. The molecule has 0 unspecified atom stereocenters. The summed E-state index contributed by atoms with van der Waals surface area (Å²) in [5, 5.41) is 0.478. The Morgan fingerprint density at radius 1 is 0.967 bits per heavy atom. The zero-order valence-electron chi connectivity index (χ0n) is 16.0. The third kappa shape index (κ3) is 2.99. The number of carbonyl (C=O) groups is 1. The number of benzene rings is 3. The number of rotatable bonds is 3. The van der Waals surface area contributed by atoms with Gasteiger partial charge >= 0.3 is 0 Å². The predicted octanol–water partition coefficient (Wildman–Crippen LogP) is 6.03. The summed E-state index contributed by atoms with van der Waals surface area (Å²) < 4.78 is 6.82. The predicted molar refractivity (Wildman–Crippen MR) is 124 cm³/mol. The van der Waals surface area contributed by atoms with E-state index < -0.39 is 6.04 Å². The van der Waals surface area contributed by atoms with Crippen LogP contribution in [0, 0.1) is 0 Å². The Kier molecular flexibility index (Phi) is 4.76. The maximum Gasteiger partial charge on any atom is 0.295 e. The monoisotopic (exact) mass is 477 g/mol. The second kappa shape index (κ2) is 7.45. The van der Waals surface area contributed by atoms with Gasteiger partial charge in [0, 0.05) is 15.1 Å². The summed E-state index contributed by atoms with van der Waals surface area (Å²) in [6, 6.07) is 21.9. The summed E-state index contributed by atoms with van der Waals surface area (Å²) in [6.07, 6.45) is 2.01. The summed E-state index contributed by atoms with van der Waals surface area (Å²) in [7, 11) is 0. The average molecular weight is 478 g/mol. The van der Waals surface area contributed by atoms with Crippen molar-refractivity contribution < 1.29 is 9.21 Å². The number of nitrogens with zero attached hydrogens (tertiary/aromatic N) is 1. The van der Waals surface area contributed by atoms with Gasteiger partial charge in [0.25, 0.3) is 5.91 Å². The normalized spacial score (nSPS) is 15.6. The molecule has 1 aromatic heterocycles. The van der Waals surface area contributed by atoms with E-state index in [0.29, 0.717) is 22.2 Å². The van der Waals surface area contributed by atoms with Gasteiger partial charge in [-0.05, 0) is 54.3 Å². The number of thioether (sulfide) groups is 1. The van der Waals surface area contributed by atoms with Gasteiger partial charge in [0.15, 0.2) is 5.43 Å². The van der Waals surface area contributed by atoms with Crippen LogP contribution >= 0.6 is 27.7 Å². The van der Waals surface area contributed by atoms with Gasteiger partial charge < -0.3 is 4.42 Å². The molecule has 1 aliphatic rings. The maximum atomic E-state index is 13.5. The fourth-order valence-corrected chi connectivity index (χ4v) is 4.71. The lowest BCUT2D eigenvalue weighted by Gasteiger charge is -2.25. The second-order valence-corrected chi connectivity index (χ2v) is 8.80. The highest BCUT2D eigenvalue weighted by Crippen LogP contribution is 2.41. The number of carbonyl (C=O) groups excluding carboxylic acids is 1. The first kappa shape index (κ1) is 19.2. The molecule has 30 heavy (non-hydrogen) atoms. The summed E-state index contributed by atoms with van der Waals surface area (Å²) in [5.41, 5.74) is 2.19. The fourth-order valence-electron chi connectivity index (χ4n) is 3.91. The highest BCUT2D eigenvalue weighted by atomic mass is 79.9. The number of anilines is 1. The van der Waals surface area contributed by atoms with Crippen molar-refractivity contribution in [2.75, 3.05) is 11.2 Å². The molecular formula is C24H16BrNO3S. The van der Waals surface area contributed by atoms with Crippen LogP contribution in [0.25, 0.3) is 11.0 Å². The van der Waals surface area contributed by atoms with Gasteiger partial charge in [-0.3, -0.25) is 14.5 Å². The Morgan fingerprint density at radius 2 is 1.73 bits per heavy atom. The number of para-hydroxylation sites is 1. The molecule has 0 saturated heterocycles. The Labute approximate surface area is 185 Å². The van der Waals surface area contributed by atoms with Gasteiger partial charge in [0.1, 0.15) is 5.58 Å². The van der Waals surface area contributed by atoms with E-state index in [1.54, 1.807) is 40.9 Å². The molecule has 5 rings (SSSR count). The first-order valence-electron chi connectivity index (χ1n) is 9.37. The summed E-state index contributed by atoms with van der Waals surface area (Å²) in [5.74, 6) is -0.206. The van der Waals surface area contributed by atoms with Crippen molar-refractivity contribution >= 4 is 50.3 Å². The van der Waals surface area contributed by atoms with E-state index in [9.17, 15) is 9.59 Å². The number of amides is 1. The molecular weight excluding hydrogens is 462 g/mol. The van der Waals surface area contributed by atoms with Gasteiger partial charge in [-0.1, -0.05) is 46.3 Å². The number of fused-ring (bicyclic) bond motifs is 2. The minimum atomic E-state index is -0.557. The topological polar surface area (TPSA) is 50.5 Å². The quantitative estimate of drug-likeness (QED) is 0.338. The molecule has 0 fully saturated rings. The molecule has 4 nitrogen and oxygen atoms in total.